The molecule has 0 saturated carbocycles. The van der Waals surface area contributed by atoms with E-state index in [1.165, 1.54) is 16.0 Å². The van der Waals surface area contributed by atoms with Crippen LogP contribution in [-0.4, -0.2) is 42.2 Å². The summed E-state index contributed by atoms with van der Waals surface area (Å²) in [5, 5.41) is 0. The third kappa shape index (κ3) is 3.19. The molecule has 2 aliphatic rings. The minimum absolute atomic E-state index is 0.0223. The fourth-order valence-electron chi connectivity index (χ4n) is 4.18. The highest BCUT2D eigenvalue weighted by Crippen LogP contribution is 2.39. The van der Waals surface area contributed by atoms with Crippen LogP contribution in [0.15, 0.2) is 65.1 Å². The molecule has 26 heavy (non-hydrogen) atoms. The average Bonchev–Trinajstić information content (AvgIpc) is 3.19. The number of amides is 1. The van der Waals surface area contributed by atoms with E-state index in [0.717, 1.165) is 25.2 Å². The van der Waals surface area contributed by atoms with E-state index in [4.69, 9.17) is 0 Å². The fraction of sp³-hybridized carbons (Fsp3) is 0.318. The number of nitrogens with zero attached hydrogens (tertiary/aromatic N) is 2. The van der Waals surface area contributed by atoms with E-state index in [0.29, 0.717) is 6.04 Å². The van der Waals surface area contributed by atoms with Gasteiger partial charge in [-0.05, 0) is 37.3 Å². The molecule has 2 aliphatic heterocycles. The molecule has 0 aromatic heterocycles. The van der Waals surface area contributed by atoms with Gasteiger partial charge in [0.05, 0.1) is 17.8 Å². The molecule has 4 rings (SSSR count). The quantitative estimate of drug-likeness (QED) is 0.739. The first-order chi connectivity index (χ1) is 12.7. The van der Waals surface area contributed by atoms with E-state index in [1.807, 2.05) is 23.1 Å². The van der Waals surface area contributed by atoms with Gasteiger partial charge in [-0.2, -0.15) is 0 Å². The maximum atomic E-state index is 13.0. The van der Waals surface area contributed by atoms with Crippen molar-refractivity contribution in [3.63, 3.8) is 0 Å². The van der Waals surface area contributed by atoms with Crippen molar-refractivity contribution in [2.24, 2.45) is 0 Å². The van der Waals surface area contributed by atoms with Gasteiger partial charge in [-0.3, -0.25) is 9.69 Å². The predicted molar refractivity (Wildman–Crippen MR) is 110 cm³/mol. The molecule has 2 fully saturated rings. The number of benzene rings is 2. The summed E-state index contributed by atoms with van der Waals surface area (Å²) in [5.41, 5.74) is 3.59. The molecule has 1 amide bonds. The lowest BCUT2D eigenvalue weighted by Crippen LogP contribution is -2.51. The molecule has 2 saturated heterocycles. The van der Waals surface area contributed by atoms with Gasteiger partial charge < -0.3 is 4.90 Å². The van der Waals surface area contributed by atoms with Gasteiger partial charge in [0.1, 0.15) is 0 Å². The number of fused-ring (bicyclic) bond motifs is 2. The first-order valence-corrected chi connectivity index (χ1v) is 10.3. The van der Waals surface area contributed by atoms with Gasteiger partial charge in [-0.15, -0.1) is 11.8 Å². The van der Waals surface area contributed by atoms with Crippen LogP contribution >= 0.6 is 11.8 Å². The standard InChI is InChI=1S/C22H24N2OS/c1-16(12-17-8-4-3-5-9-17)14-23-15-18-13-20(23)22(25)24(18)19-10-6-7-11-21(19)26-2/h3-12,18,20H,13-15H2,1-2H3/b16-12+/t18-,20-/m0/s1. The molecule has 2 atom stereocenters. The van der Waals surface area contributed by atoms with Gasteiger partial charge in [-0.25, -0.2) is 0 Å². The fourth-order valence-corrected chi connectivity index (χ4v) is 4.77. The summed E-state index contributed by atoms with van der Waals surface area (Å²) in [6.45, 7) is 3.98. The molecule has 2 aromatic rings. The van der Waals surface area contributed by atoms with E-state index in [2.05, 4.69) is 60.6 Å². The van der Waals surface area contributed by atoms with Crippen LogP contribution in [-0.2, 0) is 4.79 Å². The molecule has 3 nitrogen and oxygen atoms in total. The predicted octanol–water partition coefficient (Wildman–Crippen LogP) is 4.30. The first kappa shape index (κ1) is 17.4. The number of anilines is 1. The van der Waals surface area contributed by atoms with E-state index < -0.39 is 0 Å². The summed E-state index contributed by atoms with van der Waals surface area (Å²) >= 11 is 1.71. The molecule has 0 N–H and O–H groups in total. The summed E-state index contributed by atoms with van der Waals surface area (Å²) in [6.07, 6.45) is 5.24. The Morgan fingerprint density at radius 1 is 1.15 bits per heavy atom. The molecular weight excluding hydrogens is 340 g/mol. The number of carbonyl (C=O) groups excluding carboxylic acids is 1. The number of hydrogen-bond acceptors (Lipinski definition) is 3. The number of hydrogen-bond donors (Lipinski definition) is 0. The highest BCUT2D eigenvalue weighted by molar-refractivity contribution is 7.98. The number of thioether (sulfide) groups is 1. The molecule has 2 aromatic carbocycles. The maximum absolute atomic E-state index is 13.0. The van der Waals surface area contributed by atoms with Crippen LogP contribution in [0.25, 0.3) is 6.08 Å². The highest BCUT2D eigenvalue weighted by Gasteiger charge is 2.50. The molecular formula is C22H24N2OS. The Hall–Kier alpha value is -2.04. The van der Waals surface area contributed by atoms with Gasteiger partial charge >= 0.3 is 0 Å². The van der Waals surface area contributed by atoms with Crippen molar-refractivity contribution < 1.29 is 4.79 Å². The monoisotopic (exact) mass is 364 g/mol. The van der Waals surface area contributed by atoms with Crippen molar-refractivity contribution >= 4 is 29.4 Å². The molecule has 0 unspecified atom stereocenters. The topological polar surface area (TPSA) is 23.6 Å². The lowest BCUT2D eigenvalue weighted by Gasteiger charge is -2.34. The van der Waals surface area contributed by atoms with Crippen molar-refractivity contribution in [1.82, 2.24) is 4.90 Å². The molecule has 0 radical (unpaired) electrons. The van der Waals surface area contributed by atoms with Crippen LogP contribution in [0.5, 0.6) is 0 Å². The SMILES string of the molecule is CSc1ccccc1N1C(=O)[C@@H]2C[C@H]1CN2C/C(C)=C/c1ccccc1. The zero-order valence-electron chi connectivity index (χ0n) is 15.3. The Bertz CT molecular complexity index is 833. The molecule has 2 heterocycles. The van der Waals surface area contributed by atoms with Crippen molar-refractivity contribution in [3.05, 3.63) is 65.7 Å². The Kier molecular flexibility index (Phi) is 4.88. The molecule has 0 aliphatic carbocycles. The normalized spacial score (nSPS) is 23.1. The van der Waals surface area contributed by atoms with Crippen LogP contribution < -0.4 is 4.90 Å². The Morgan fingerprint density at radius 3 is 2.62 bits per heavy atom. The maximum Gasteiger partial charge on any atom is 0.244 e. The number of rotatable bonds is 5. The Labute approximate surface area is 159 Å². The third-order valence-electron chi connectivity index (χ3n) is 5.28. The minimum Gasteiger partial charge on any atom is -0.306 e. The summed E-state index contributed by atoms with van der Waals surface area (Å²) in [6, 6.07) is 18.9. The minimum atomic E-state index is 0.0223. The van der Waals surface area contributed by atoms with Gasteiger partial charge in [-0.1, -0.05) is 54.1 Å². The van der Waals surface area contributed by atoms with Crippen molar-refractivity contribution in [3.8, 4) is 0 Å². The van der Waals surface area contributed by atoms with Crippen LogP contribution in [0, 0.1) is 0 Å². The number of para-hydroxylation sites is 1. The smallest absolute Gasteiger partial charge is 0.244 e. The molecule has 0 spiro atoms. The van der Waals surface area contributed by atoms with Crippen LogP contribution in [0.3, 0.4) is 0 Å². The van der Waals surface area contributed by atoms with Crippen molar-refractivity contribution in [2.75, 3.05) is 24.2 Å². The van der Waals surface area contributed by atoms with E-state index in [1.54, 1.807) is 11.8 Å². The van der Waals surface area contributed by atoms with Crippen LogP contribution in [0.4, 0.5) is 5.69 Å². The lowest BCUT2D eigenvalue weighted by atomic mass is 10.1. The van der Waals surface area contributed by atoms with Crippen molar-refractivity contribution in [2.45, 2.75) is 30.3 Å². The third-order valence-corrected chi connectivity index (χ3v) is 6.06. The Balaban J connectivity index is 1.49. The highest BCUT2D eigenvalue weighted by atomic mass is 32.2. The zero-order valence-corrected chi connectivity index (χ0v) is 16.1. The molecule has 134 valence electrons. The van der Waals surface area contributed by atoms with Crippen molar-refractivity contribution in [1.29, 1.82) is 0 Å². The first-order valence-electron chi connectivity index (χ1n) is 9.09. The number of carbonyl (C=O) groups is 1. The van der Waals surface area contributed by atoms with E-state index in [9.17, 15) is 4.79 Å². The van der Waals surface area contributed by atoms with Gasteiger partial charge in [0, 0.05) is 18.0 Å². The second-order valence-electron chi connectivity index (χ2n) is 7.12. The zero-order chi connectivity index (χ0) is 18.1. The van der Waals surface area contributed by atoms with Crippen LogP contribution in [0.2, 0.25) is 0 Å². The van der Waals surface area contributed by atoms with Gasteiger partial charge in [0.25, 0.3) is 0 Å². The second kappa shape index (κ2) is 7.29. The van der Waals surface area contributed by atoms with Crippen LogP contribution in [0.1, 0.15) is 18.9 Å². The summed E-state index contributed by atoms with van der Waals surface area (Å²) < 4.78 is 0. The molecule has 2 bridgehead atoms. The summed E-state index contributed by atoms with van der Waals surface area (Å²) in [4.78, 5) is 18.6. The summed E-state index contributed by atoms with van der Waals surface area (Å²) in [5.74, 6) is 0.260. The lowest BCUT2D eigenvalue weighted by molar-refractivity contribution is -0.122. The number of likely N-dealkylation sites (tertiary alicyclic amines) is 1. The second-order valence-corrected chi connectivity index (χ2v) is 7.96. The Morgan fingerprint density at radius 2 is 1.88 bits per heavy atom. The van der Waals surface area contributed by atoms with E-state index >= 15 is 0 Å². The van der Waals surface area contributed by atoms with Gasteiger partial charge in [0.15, 0.2) is 0 Å². The summed E-state index contributed by atoms with van der Waals surface area (Å²) in [7, 11) is 0. The molecule has 4 heteroatoms. The average molecular weight is 365 g/mol. The number of piperazine rings is 1. The largest absolute Gasteiger partial charge is 0.306 e. The van der Waals surface area contributed by atoms with Gasteiger partial charge in [0.2, 0.25) is 5.91 Å². The van der Waals surface area contributed by atoms with E-state index in [-0.39, 0.29) is 11.9 Å².